The summed E-state index contributed by atoms with van der Waals surface area (Å²) in [7, 11) is 1.54. The first kappa shape index (κ1) is 17.0. The molecule has 3 aromatic rings. The van der Waals surface area contributed by atoms with Gasteiger partial charge in [0.2, 0.25) is 5.88 Å². The Kier molecular flexibility index (Phi) is 4.69. The Morgan fingerprint density at radius 2 is 2.15 bits per heavy atom. The summed E-state index contributed by atoms with van der Waals surface area (Å²) >= 11 is 0. The van der Waals surface area contributed by atoms with Gasteiger partial charge in [-0.1, -0.05) is 0 Å². The van der Waals surface area contributed by atoms with Crippen LogP contribution in [0.25, 0.3) is 11.3 Å². The van der Waals surface area contributed by atoms with Crippen LogP contribution in [0.4, 0.5) is 11.5 Å². The van der Waals surface area contributed by atoms with Crippen molar-refractivity contribution in [1.29, 1.82) is 0 Å². The number of nitrogens with one attached hydrogen (secondary N) is 1. The van der Waals surface area contributed by atoms with Gasteiger partial charge in [-0.25, -0.2) is 15.0 Å². The van der Waals surface area contributed by atoms with E-state index in [-0.39, 0.29) is 0 Å². The maximum absolute atomic E-state index is 5.93. The lowest BCUT2D eigenvalue weighted by Gasteiger charge is -2.10. The van der Waals surface area contributed by atoms with Gasteiger partial charge in [0, 0.05) is 37.0 Å². The van der Waals surface area contributed by atoms with E-state index in [2.05, 4.69) is 25.3 Å². The van der Waals surface area contributed by atoms with Gasteiger partial charge in [-0.2, -0.15) is 0 Å². The Bertz CT molecular complexity index is 963. The van der Waals surface area contributed by atoms with Crippen molar-refractivity contribution in [3.63, 3.8) is 0 Å². The molecular formula is C19H20N6O2. The van der Waals surface area contributed by atoms with Crippen molar-refractivity contribution in [3.05, 3.63) is 48.2 Å². The molecule has 0 amide bonds. The zero-order valence-electron chi connectivity index (χ0n) is 15.0. The maximum atomic E-state index is 5.93. The van der Waals surface area contributed by atoms with E-state index in [0.717, 1.165) is 53.5 Å². The first-order chi connectivity index (χ1) is 13.2. The highest BCUT2D eigenvalue weighted by Gasteiger charge is 2.17. The van der Waals surface area contributed by atoms with Crippen molar-refractivity contribution < 1.29 is 9.47 Å². The Hall–Kier alpha value is -3.42. The summed E-state index contributed by atoms with van der Waals surface area (Å²) in [5.41, 5.74) is 10.1. The topological polar surface area (TPSA) is 108 Å². The second-order valence-corrected chi connectivity index (χ2v) is 6.13. The van der Waals surface area contributed by atoms with E-state index in [9.17, 15) is 0 Å². The van der Waals surface area contributed by atoms with E-state index in [0.29, 0.717) is 18.2 Å². The molecule has 0 atom stereocenters. The van der Waals surface area contributed by atoms with Crippen LogP contribution < -0.4 is 20.5 Å². The largest absolute Gasteiger partial charge is 0.491 e. The van der Waals surface area contributed by atoms with Crippen molar-refractivity contribution >= 4 is 11.5 Å². The predicted molar refractivity (Wildman–Crippen MR) is 102 cm³/mol. The summed E-state index contributed by atoms with van der Waals surface area (Å²) in [6, 6.07) is 5.66. The lowest BCUT2D eigenvalue weighted by Crippen LogP contribution is -2.07. The number of pyridine rings is 2. The van der Waals surface area contributed by atoms with Gasteiger partial charge >= 0.3 is 0 Å². The Balaban J connectivity index is 1.44. The first-order valence-electron chi connectivity index (χ1n) is 8.70. The molecule has 4 heterocycles. The third-order valence-corrected chi connectivity index (χ3v) is 4.38. The Morgan fingerprint density at radius 3 is 3.00 bits per heavy atom. The molecule has 3 aromatic heterocycles. The molecule has 4 rings (SSSR count). The summed E-state index contributed by atoms with van der Waals surface area (Å²) in [6.45, 7) is 1.43. The molecule has 3 N–H and O–H groups in total. The number of rotatable bonds is 6. The molecule has 0 aromatic carbocycles. The Morgan fingerprint density at radius 1 is 1.22 bits per heavy atom. The third kappa shape index (κ3) is 3.59. The van der Waals surface area contributed by atoms with E-state index in [1.807, 2.05) is 18.3 Å². The zero-order valence-corrected chi connectivity index (χ0v) is 15.0. The number of hydrogen-bond donors (Lipinski definition) is 2. The number of anilines is 2. The van der Waals surface area contributed by atoms with Crippen LogP contribution in [0, 0.1) is 0 Å². The number of nitrogen functional groups attached to an aromatic ring is 1. The normalized spacial score (nSPS) is 12.3. The molecule has 0 saturated heterocycles. The second kappa shape index (κ2) is 7.45. The van der Waals surface area contributed by atoms with Crippen LogP contribution in [0.5, 0.6) is 11.6 Å². The predicted octanol–water partition coefficient (Wildman–Crippen LogP) is 2.11. The number of aromatic nitrogens is 4. The van der Waals surface area contributed by atoms with E-state index < -0.39 is 0 Å². The summed E-state index contributed by atoms with van der Waals surface area (Å²) in [5, 5.41) is 3.33. The molecule has 0 radical (unpaired) electrons. The van der Waals surface area contributed by atoms with E-state index in [1.54, 1.807) is 12.3 Å². The molecule has 0 spiro atoms. The van der Waals surface area contributed by atoms with E-state index in [1.165, 1.54) is 13.4 Å². The van der Waals surface area contributed by atoms with Gasteiger partial charge in [0.1, 0.15) is 17.9 Å². The number of ether oxygens (including phenoxy) is 2. The Labute approximate surface area is 156 Å². The zero-order chi connectivity index (χ0) is 18.6. The molecule has 0 unspecified atom stereocenters. The fourth-order valence-corrected chi connectivity index (χ4v) is 3.05. The number of nitrogens with zero attached hydrogens (tertiary/aromatic N) is 4. The molecule has 27 heavy (non-hydrogen) atoms. The smallest absolute Gasteiger partial charge is 0.236 e. The third-order valence-electron chi connectivity index (χ3n) is 4.38. The molecule has 0 aliphatic carbocycles. The minimum absolute atomic E-state index is 0.401. The van der Waals surface area contributed by atoms with Crippen molar-refractivity contribution in [2.24, 2.45) is 0 Å². The molecule has 1 aliphatic rings. The van der Waals surface area contributed by atoms with E-state index in [4.69, 9.17) is 15.2 Å². The van der Waals surface area contributed by atoms with Gasteiger partial charge in [-0.05, 0) is 24.1 Å². The quantitative estimate of drug-likeness (QED) is 0.685. The van der Waals surface area contributed by atoms with Crippen molar-refractivity contribution in [3.8, 4) is 22.9 Å². The van der Waals surface area contributed by atoms with Crippen LogP contribution in [-0.2, 0) is 12.8 Å². The van der Waals surface area contributed by atoms with Gasteiger partial charge in [-0.3, -0.25) is 4.98 Å². The molecule has 8 nitrogen and oxygen atoms in total. The number of hydrogen-bond acceptors (Lipinski definition) is 8. The minimum atomic E-state index is 0.401. The van der Waals surface area contributed by atoms with Crippen molar-refractivity contribution in [2.45, 2.75) is 12.8 Å². The first-order valence-corrected chi connectivity index (χ1v) is 8.70. The second-order valence-electron chi connectivity index (χ2n) is 6.13. The van der Waals surface area contributed by atoms with Gasteiger partial charge in [0.25, 0.3) is 0 Å². The highest BCUT2D eigenvalue weighted by atomic mass is 16.5. The number of fused-ring (bicyclic) bond motifs is 1. The van der Waals surface area contributed by atoms with Crippen molar-refractivity contribution in [2.75, 3.05) is 31.3 Å². The lowest BCUT2D eigenvalue weighted by atomic mass is 10.1. The van der Waals surface area contributed by atoms with Gasteiger partial charge in [-0.15, -0.1) is 0 Å². The van der Waals surface area contributed by atoms with Crippen LogP contribution in [0.3, 0.4) is 0 Å². The summed E-state index contributed by atoms with van der Waals surface area (Å²) in [6.07, 6.45) is 6.74. The minimum Gasteiger partial charge on any atom is -0.491 e. The fourth-order valence-electron chi connectivity index (χ4n) is 3.05. The lowest BCUT2D eigenvalue weighted by molar-refractivity contribution is 0.353. The maximum Gasteiger partial charge on any atom is 0.236 e. The fraction of sp³-hybridized carbons (Fsp3) is 0.263. The van der Waals surface area contributed by atoms with Crippen LogP contribution in [-0.4, -0.2) is 40.2 Å². The number of methoxy groups -OCH3 is 1. The standard InChI is InChI=1S/C19H20N6O2/c1-26-19-14(20)8-13(10-23-19)16-9-17(25-11-24-16)22-6-3-12-2-5-21-15-4-7-27-18(12)15/h2,5,8-11H,3-4,6-7,20H2,1H3,(H,22,24,25). The van der Waals surface area contributed by atoms with Gasteiger partial charge < -0.3 is 20.5 Å². The average molecular weight is 364 g/mol. The molecule has 8 heteroatoms. The van der Waals surface area contributed by atoms with Gasteiger partial charge in [0.05, 0.1) is 30.8 Å². The van der Waals surface area contributed by atoms with Crippen LogP contribution >= 0.6 is 0 Å². The summed E-state index contributed by atoms with van der Waals surface area (Å²) < 4.78 is 10.8. The van der Waals surface area contributed by atoms with Crippen LogP contribution in [0.2, 0.25) is 0 Å². The van der Waals surface area contributed by atoms with Crippen LogP contribution in [0.1, 0.15) is 11.3 Å². The highest BCUT2D eigenvalue weighted by Crippen LogP contribution is 2.28. The average Bonchev–Trinajstić information content (AvgIpc) is 3.18. The van der Waals surface area contributed by atoms with Crippen LogP contribution in [0.15, 0.2) is 36.9 Å². The number of nitrogens with two attached hydrogens (primary N) is 1. The SMILES string of the molecule is COc1ncc(-c2cc(NCCc3ccnc4c3OCC4)ncn2)cc1N. The molecule has 0 bridgehead atoms. The molecular weight excluding hydrogens is 344 g/mol. The molecule has 138 valence electrons. The summed E-state index contributed by atoms with van der Waals surface area (Å²) in [4.78, 5) is 17.1. The molecule has 1 aliphatic heterocycles. The van der Waals surface area contributed by atoms with Crippen molar-refractivity contribution in [1.82, 2.24) is 19.9 Å². The molecule has 0 fully saturated rings. The summed E-state index contributed by atoms with van der Waals surface area (Å²) in [5.74, 6) is 2.07. The molecule has 0 saturated carbocycles. The van der Waals surface area contributed by atoms with Gasteiger partial charge in [0.15, 0.2) is 0 Å². The van der Waals surface area contributed by atoms with E-state index >= 15 is 0 Å². The highest BCUT2D eigenvalue weighted by molar-refractivity contribution is 5.67. The monoisotopic (exact) mass is 364 g/mol.